The van der Waals surface area contributed by atoms with Crippen molar-refractivity contribution in [3.05, 3.63) is 77.2 Å². The maximum absolute atomic E-state index is 14.9. The lowest BCUT2D eigenvalue weighted by Crippen LogP contribution is -2.53. The molecule has 0 unspecified atom stereocenters. The van der Waals surface area contributed by atoms with Crippen LogP contribution < -0.4 is 10.6 Å². The number of H-pyrrole nitrogens is 1. The largest absolute Gasteiger partial charge is 0.355 e. The van der Waals surface area contributed by atoms with Crippen molar-refractivity contribution >= 4 is 34.8 Å². The quantitative estimate of drug-likeness (QED) is 0.462. The highest BCUT2D eigenvalue weighted by Gasteiger charge is 2.45. The number of hydrogen-bond donors (Lipinski definition) is 3. The Bertz CT molecular complexity index is 1350. The maximum atomic E-state index is 14.9. The molecule has 10 heteroatoms. The van der Waals surface area contributed by atoms with Crippen LogP contribution in [0.25, 0.3) is 11.3 Å². The molecule has 0 bridgehead atoms. The van der Waals surface area contributed by atoms with Gasteiger partial charge < -0.3 is 20.5 Å². The fourth-order valence-electron chi connectivity index (χ4n) is 4.89. The van der Waals surface area contributed by atoms with Crippen LogP contribution in [-0.2, 0) is 10.2 Å². The summed E-state index contributed by atoms with van der Waals surface area (Å²) in [7, 11) is 0. The Morgan fingerprint density at radius 2 is 2.00 bits per heavy atom. The number of halogens is 3. The van der Waals surface area contributed by atoms with E-state index in [1.165, 1.54) is 36.5 Å². The normalized spacial score (nSPS) is 16.5. The van der Waals surface area contributed by atoms with Crippen molar-refractivity contribution in [2.24, 2.45) is 0 Å². The third kappa shape index (κ3) is 3.95. The third-order valence-electron chi connectivity index (χ3n) is 6.78. The molecule has 0 aliphatic carbocycles. The summed E-state index contributed by atoms with van der Waals surface area (Å²) in [6, 6.07) is 5.62. The summed E-state index contributed by atoms with van der Waals surface area (Å²) in [5, 5.41) is 6.04. The van der Waals surface area contributed by atoms with Crippen LogP contribution in [0.4, 0.5) is 20.2 Å². The number of carbonyl (C=O) groups excluding carboxylic acids is 2. The second-order valence-corrected chi connectivity index (χ2v) is 9.13. The predicted octanol–water partition coefficient (Wildman–Crippen LogP) is 4.54. The van der Waals surface area contributed by atoms with Crippen molar-refractivity contribution in [1.82, 2.24) is 20.2 Å². The van der Waals surface area contributed by atoms with E-state index in [2.05, 4.69) is 27.2 Å². The smallest absolute Gasteiger partial charge is 0.255 e. The van der Waals surface area contributed by atoms with Crippen LogP contribution in [-0.4, -0.2) is 46.3 Å². The highest BCUT2D eigenvalue weighted by atomic mass is 35.5. The molecule has 3 N–H and O–H groups in total. The van der Waals surface area contributed by atoms with Crippen LogP contribution in [0.2, 0.25) is 5.02 Å². The summed E-state index contributed by atoms with van der Waals surface area (Å²) >= 11 is 5.97. The first kappa shape index (κ1) is 23.0. The van der Waals surface area contributed by atoms with E-state index in [1.54, 1.807) is 4.90 Å². The van der Waals surface area contributed by atoms with Crippen LogP contribution in [0.15, 0.2) is 49.3 Å². The summed E-state index contributed by atoms with van der Waals surface area (Å²) in [5.74, 6) is -1.59. The van der Waals surface area contributed by atoms with E-state index in [4.69, 9.17) is 11.6 Å². The molecule has 180 valence electrons. The average molecular weight is 498 g/mol. The molecule has 1 aromatic carbocycles. The first-order valence-electron chi connectivity index (χ1n) is 11.1. The Kier molecular flexibility index (Phi) is 5.80. The van der Waals surface area contributed by atoms with E-state index in [0.29, 0.717) is 60.8 Å². The maximum Gasteiger partial charge on any atom is 0.255 e. The molecular formula is C25H22ClF2N5O2. The number of anilines is 2. The van der Waals surface area contributed by atoms with Crippen LogP contribution >= 0.6 is 11.6 Å². The van der Waals surface area contributed by atoms with Gasteiger partial charge in [0.15, 0.2) is 5.82 Å². The summed E-state index contributed by atoms with van der Waals surface area (Å²) < 4.78 is 28.6. The zero-order chi connectivity index (χ0) is 24.7. The standard InChI is InChI=1S/C25H22ClF2N5O2/c1-2-19(34)33-9-6-25(7-10-33)13-30-24(35)20-22(31-14-3-4-17(27)16(26)11-14)21(32-23(20)25)15-5-8-29-12-18(15)28/h2-5,8,11-12,31-32H,1,6-7,9-10,13H2,(H,30,35). The van der Waals surface area contributed by atoms with Crippen molar-refractivity contribution in [3.8, 4) is 11.3 Å². The second-order valence-electron chi connectivity index (χ2n) is 8.73. The molecular weight excluding hydrogens is 476 g/mol. The van der Waals surface area contributed by atoms with Gasteiger partial charge in [-0.2, -0.15) is 0 Å². The fourth-order valence-corrected chi connectivity index (χ4v) is 5.07. The topological polar surface area (TPSA) is 90.1 Å². The molecule has 1 fully saturated rings. The number of aromatic amines is 1. The number of amides is 2. The van der Waals surface area contributed by atoms with Gasteiger partial charge in [-0.15, -0.1) is 0 Å². The number of nitrogens with zero attached hydrogens (tertiary/aromatic N) is 2. The van der Waals surface area contributed by atoms with Crippen molar-refractivity contribution in [2.45, 2.75) is 18.3 Å². The van der Waals surface area contributed by atoms with Crippen molar-refractivity contribution in [3.63, 3.8) is 0 Å². The minimum Gasteiger partial charge on any atom is -0.355 e. The van der Waals surface area contributed by atoms with Crippen LogP contribution in [0.3, 0.4) is 0 Å². The minimum absolute atomic E-state index is 0.0868. The van der Waals surface area contributed by atoms with Gasteiger partial charge in [0, 0.05) is 48.2 Å². The molecule has 35 heavy (non-hydrogen) atoms. The predicted molar refractivity (Wildman–Crippen MR) is 129 cm³/mol. The van der Waals surface area contributed by atoms with Gasteiger partial charge in [0.05, 0.1) is 28.2 Å². The van der Waals surface area contributed by atoms with Crippen LogP contribution in [0.5, 0.6) is 0 Å². The van der Waals surface area contributed by atoms with E-state index >= 15 is 0 Å². The lowest BCUT2D eigenvalue weighted by molar-refractivity contribution is -0.127. The monoisotopic (exact) mass is 497 g/mol. The highest BCUT2D eigenvalue weighted by Crippen LogP contribution is 2.46. The molecule has 0 radical (unpaired) electrons. The lowest BCUT2D eigenvalue weighted by atomic mass is 9.72. The number of carbonyl (C=O) groups is 2. The van der Waals surface area contributed by atoms with Gasteiger partial charge in [-0.25, -0.2) is 8.78 Å². The first-order valence-corrected chi connectivity index (χ1v) is 11.5. The zero-order valence-corrected chi connectivity index (χ0v) is 19.4. The van der Waals surface area contributed by atoms with E-state index in [-0.39, 0.29) is 22.4 Å². The summed E-state index contributed by atoms with van der Waals surface area (Å²) in [4.78, 5) is 34.1. The minimum atomic E-state index is -0.578. The molecule has 2 aliphatic rings. The number of likely N-dealkylation sites (tertiary alicyclic amines) is 1. The van der Waals surface area contributed by atoms with Gasteiger partial charge >= 0.3 is 0 Å². The van der Waals surface area contributed by atoms with Crippen molar-refractivity contribution < 1.29 is 18.4 Å². The Hall–Kier alpha value is -3.72. The van der Waals surface area contributed by atoms with Crippen LogP contribution in [0.1, 0.15) is 28.9 Å². The summed E-state index contributed by atoms with van der Waals surface area (Å²) in [5.41, 5.74) is 1.95. The lowest BCUT2D eigenvalue weighted by Gasteiger charge is -2.43. The van der Waals surface area contributed by atoms with Gasteiger partial charge in [0.2, 0.25) is 5.91 Å². The Balaban J connectivity index is 1.64. The number of nitrogens with one attached hydrogen (secondary N) is 3. The Labute approximate surface area is 205 Å². The number of rotatable bonds is 4. The molecule has 2 amide bonds. The number of fused-ring (bicyclic) bond motifs is 2. The van der Waals surface area contributed by atoms with E-state index in [0.717, 1.165) is 6.20 Å². The molecule has 5 rings (SSSR count). The van der Waals surface area contributed by atoms with Crippen molar-refractivity contribution in [2.75, 3.05) is 25.0 Å². The van der Waals surface area contributed by atoms with E-state index in [9.17, 15) is 18.4 Å². The van der Waals surface area contributed by atoms with Gasteiger partial charge in [0.25, 0.3) is 5.91 Å². The fraction of sp³-hybridized carbons (Fsp3) is 0.240. The highest BCUT2D eigenvalue weighted by molar-refractivity contribution is 6.31. The number of aromatic nitrogens is 2. The summed E-state index contributed by atoms with van der Waals surface area (Å²) in [6.07, 6.45) is 5.05. The number of benzene rings is 1. The molecule has 2 aliphatic heterocycles. The average Bonchev–Trinajstić information content (AvgIpc) is 3.24. The first-order chi connectivity index (χ1) is 16.8. The number of piperidine rings is 1. The van der Waals surface area contributed by atoms with E-state index in [1.807, 2.05) is 0 Å². The molecule has 0 atom stereocenters. The van der Waals surface area contributed by atoms with Gasteiger partial charge in [-0.05, 0) is 43.2 Å². The Morgan fingerprint density at radius 3 is 2.69 bits per heavy atom. The molecule has 4 heterocycles. The Morgan fingerprint density at radius 1 is 1.23 bits per heavy atom. The summed E-state index contributed by atoms with van der Waals surface area (Å²) in [6.45, 7) is 4.93. The van der Waals surface area contributed by atoms with Gasteiger partial charge in [-0.1, -0.05) is 18.2 Å². The zero-order valence-electron chi connectivity index (χ0n) is 18.6. The number of pyridine rings is 1. The SMILES string of the molecule is C=CC(=O)N1CCC2(CC1)CNC(=O)c1c2[nH]c(-c2ccncc2F)c1Nc1ccc(F)c(Cl)c1. The third-order valence-corrected chi connectivity index (χ3v) is 7.07. The molecule has 3 aromatic rings. The van der Waals surface area contributed by atoms with E-state index < -0.39 is 17.0 Å². The van der Waals surface area contributed by atoms with Gasteiger partial charge in [0.1, 0.15) is 5.82 Å². The molecule has 1 saturated heterocycles. The molecule has 7 nitrogen and oxygen atoms in total. The molecule has 2 aromatic heterocycles. The van der Waals surface area contributed by atoms with Gasteiger partial charge in [-0.3, -0.25) is 14.6 Å². The second kappa shape index (κ2) is 8.81. The molecule has 0 saturated carbocycles. The molecule has 1 spiro atoms. The number of hydrogen-bond acceptors (Lipinski definition) is 4. The van der Waals surface area contributed by atoms with Crippen molar-refractivity contribution in [1.29, 1.82) is 0 Å². The van der Waals surface area contributed by atoms with Crippen LogP contribution in [0, 0.1) is 11.6 Å².